The number of benzene rings is 2. The predicted octanol–water partition coefficient (Wildman–Crippen LogP) is 4.69. The Balaban J connectivity index is 1.46. The van der Waals surface area contributed by atoms with Crippen LogP contribution in [0.2, 0.25) is 0 Å². The lowest BCUT2D eigenvalue weighted by Crippen LogP contribution is -2.26. The molecule has 0 aliphatic carbocycles. The third kappa shape index (κ3) is 5.20. The van der Waals surface area contributed by atoms with E-state index in [0.717, 1.165) is 16.3 Å². The molecule has 0 unspecified atom stereocenters. The molecule has 27 heavy (non-hydrogen) atoms. The van der Waals surface area contributed by atoms with Crippen LogP contribution in [-0.2, 0) is 17.6 Å². The quantitative estimate of drug-likeness (QED) is 0.640. The highest BCUT2D eigenvalue weighted by Crippen LogP contribution is 2.24. The van der Waals surface area contributed by atoms with E-state index in [2.05, 4.69) is 22.4 Å². The van der Waals surface area contributed by atoms with Crippen LogP contribution >= 0.6 is 11.3 Å². The minimum atomic E-state index is -0.617. The molecule has 1 heterocycles. The maximum Gasteiger partial charge on any atom is 0.220 e. The predicted molar refractivity (Wildman–Crippen MR) is 104 cm³/mol. The molecule has 1 N–H and O–H groups in total. The van der Waals surface area contributed by atoms with Crippen LogP contribution in [0.5, 0.6) is 0 Å². The smallest absolute Gasteiger partial charge is 0.220 e. The number of halogens is 2. The van der Waals surface area contributed by atoms with Gasteiger partial charge in [0.1, 0.15) is 16.6 Å². The first-order valence-corrected chi connectivity index (χ1v) is 9.62. The van der Waals surface area contributed by atoms with Gasteiger partial charge in [0, 0.05) is 35.9 Å². The molecule has 3 aromatic rings. The zero-order valence-electron chi connectivity index (χ0n) is 15.0. The first kappa shape index (κ1) is 19.2. The van der Waals surface area contributed by atoms with Gasteiger partial charge < -0.3 is 5.32 Å². The molecule has 0 bridgehead atoms. The normalized spacial score (nSPS) is 10.8. The lowest BCUT2D eigenvalue weighted by atomic mass is 10.1. The van der Waals surface area contributed by atoms with Crippen molar-refractivity contribution >= 4 is 17.2 Å². The summed E-state index contributed by atoms with van der Waals surface area (Å²) in [6, 6.07) is 11.9. The molecule has 0 fully saturated rings. The molecule has 140 valence electrons. The average Bonchev–Trinajstić information content (AvgIpc) is 3.11. The van der Waals surface area contributed by atoms with Crippen molar-refractivity contribution in [1.82, 2.24) is 10.3 Å². The van der Waals surface area contributed by atoms with Gasteiger partial charge >= 0.3 is 0 Å². The highest BCUT2D eigenvalue weighted by atomic mass is 32.1. The van der Waals surface area contributed by atoms with Crippen molar-refractivity contribution in [3.05, 3.63) is 76.3 Å². The summed E-state index contributed by atoms with van der Waals surface area (Å²) in [7, 11) is 0. The second kappa shape index (κ2) is 8.86. The Bertz CT molecular complexity index is 902. The number of amides is 1. The summed E-state index contributed by atoms with van der Waals surface area (Å²) in [6.45, 7) is 2.48. The first-order chi connectivity index (χ1) is 13.0. The fourth-order valence-electron chi connectivity index (χ4n) is 2.68. The largest absolute Gasteiger partial charge is 0.356 e. The Morgan fingerprint density at radius 1 is 1.07 bits per heavy atom. The Hall–Kier alpha value is -2.60. The number of rotatable bonds is 7. The number of carbonyl (C=O) groups excluding carboxylic acids is 1. The molecular formula is C21H20F2N2OS. The van der Waals surface area contributed by atoms with Gasteiger partial charge in [-0.1, -0.05) is 35.9 Å². The van der Waals surface area contributed by atoms with Crippen molar-refractivity contribution in [2.24, 2.45) is 0 Å². The van der Waals surface area contributed by atoms with E-state index < -0.39 is 11.6 Å². The fraction of sp³-hybridized carbons (Fsp3) is 0.238. The molecule has 0 spiro atoms. The summed E-state index contributed by atoms with van der Waals surface area (Å²) in [6.07, 6.45) is 0.699. The molecule has 1 amide bonds. The number of aromatic nitrogens is 1. The number of thiazole rings is 1. The highest BCUT2D eigenvalue weighted by Gasteiger charge is 2.11. The van der Waals surface area contributed by atoms with E-state index >= 15 is 0 Å². The van der Waals surface area contributed by atoms with Gasteiger partial charge in [-0.05, 0) is 25.5 Å². The topological polar surface area (TPSA) is 42.0 Å². The van der Waals surface area contributed by atoms with Crippen molar-refractivity contribution in [2.45, 2.75) is 26.2 Å². The van der Waals surface area contributed by atoms with Gasteiger partial charge in [0.2, 0.25) is 5.91 Å². The Morgan fingerprint density at radius 2 is 1.78 bits per heavy atom. The summed E-state index contributed by atoms with van der Waals surface area (Å²) >= 11 is 1.57. The third-order valence-electron chi connectivity index (χ3n) is 4.22. The lowest BCUT2D eigenvalue weighted by Gasteiger charge is -2.06. The number of hydrogen-bond donors (Lipinski definition) is 1. The van der Waals surface area contributed by atoms with Crippen molar-refractivity contribution in [3.63, 3.8) is 0 Å². The van der Waals surface area contributed by atoms with Crippen LogP contribution in [0.4, 0.5) is 8.78 Å². The highest BCUT2D eigenvalue weighted by molar-refractivity contribution is 7.13. The van der Waals surface area contributed by atoms with Crippen LogP contribution in [0, 0.1) is 18.6 Å². The van der Waals surface area contributed by atoms with Gasteiger partial charge in [-0.15, -0.1) is 11.3 Å². The van der Waals surface area contributed by atoms with Crippen LogP contribution in [0.25, 0.3) is 10.6 Å². The molecule has 0 atom stereocenters. The Kier molecular flexibility index (Phi) is 6.29. The molecule has 0 aliphatic rings. The summed E-state index contributed by atoms with van der Waals surface area (Å²) in [4.78, 5) is 16.5. The van der Waals surface area contributed by atoms with Gasteiger partial charge in [-0.25, -0.2) is 13.8 Å². The van der Waals surface area contributed by atoms with Crippen LogP contribution in [0.15, 0.2) is 47.8 Å². The van der Waals surface area contributed by atoms with Crippen LogP contribution in [0.3, 0.4) is 0 Å². The maximum atomic E-state index is 13.6. The standard InChI is InChI=1S/C21H20F2N2OS/c1-14-5-7-15(8-6-14)21-25-16(13-27-21)11-12-24-20(26)10-9-17-18(22)3-2-4-19(17)23/h2-8,13H,9-12H2,1H3,(H,24,26). The number of carbonyl (C=O) groups is 1. The van der Waals surface area contributed by atoms with E-state index in [-0.39, 0.29) is 24.3 Å². The molecule has 0 aliphatic heterocycles. The van der Waals surface area contributed by atoms with Gasteiger partial charge in [0.15, 0.2) is 0 Å². The fourth-order valence-corrected chi connectivity index (χ4v) is 3.54. The van der Waals surface area contributed by atoms with E-state index in [4.69, 9.17) is 0 Å². The van der Waals surface area contributed by atoms with Crippen molar-refractivity contribution in [1.29, 1.82) is 0 Å². The van der Waals surface area contributed by atoms with Crippen molar-refractivity contribution in [2.75, 3.05) is 6.54 Å². The summed E-state index contributed by atoms with van der Waals surface area (Å²) in [5.41, 5.74) is 3.15. The minimum absolute atomic E-state index is 0.0403. The number of nitrogens with one attached hydrogen (secondary N) is 1. The van der Waals surface area contributed by atoms with Crippen LogP contribution in [0.1, 0.15) is 23.2 Å². The van der Waals surface area contributed by atoms with E-state index in [1.807, 2.05) is 24.4 Å². The zero-order valence-corrected chi connectivity index (χ0v) is 15.8. The molecular weight excluding hydrogens is 366 g/mol. The van der Waals surface area contributed by atoms with Gasteiger partial charge in [0.25, 0.3) is 0 Å². The molecule has 0 saturated carbocycles. The lowest BCUT2D eigenvalue weighted by molar-refractivity contribution is -0.121. The molecule has 0 radical (unpaired) electrons. The van der Waals surface area contributed by atoms with E-state index in [0.29, 0.717) is 13.0 Å². The van der Waals surface area contributed by atoms with Crippen molar-refractivity contribution in [3.8, 4) is 10.6 Å². The number of nitrogens with zero attached hydrogens (tertiary/aromatic N) is 1. The number of aryl methyl sites for hydroxylation is 1. The monoisotopic (exact) mass is 386 g/mol. The maximum absolute atomic E-state index is 13.6. The van der Waals surface area contributed by atoms with E-state index in [1.165, 1.54) is 23.8 Å². The zero-order chi connectivity index (χ0) is 19.2. The van der Waals surface area contributed by atoms with E-state index in [1.54, 1.807) is 11.3 Å². The van der Waals surface area contributed by atoms with Crippen LogP contribution in [-0.4, -0.2) is 17.4 Å². The molecule has 0 saturated heterocycles. The summed E-state index contributed by atoms with van der Waals surface area (Å²) in [5, 5.41) is 5.71. The SMILES string of the molecule is Cc1ccc(-c2nc(CCNC(=O)CCc3c(F)cccc3F)cs2)cc1. The molecule has 2 aromatic carbocycles. The Morgan fingerprint density at radius 3 is 2.48 bits per heavy atom. The van der Waals surface area contributed by atoms with Gasteiger partial charge in [-0.3, -0.25) is 4.79 Å². The summed E-state index contributed by atoms with van der Waals surface area (Å²) in [5.74, 6) is -1.46. The van der Waals surface area contributed by atoms with Gasteiger partial charge in [0.05, 0.1) is 5.69 Å². The average molecular weight is 386 g/mol. The number of hydrogen-bond acceptors (Lipinski definition) is 3. The molecule has 6 heteroatoms. The second-order valence-electron chi connectivity index (χ2n) is 6.31. The van der Waals surface area contributed by atoms with Crippen molar-refractivity contribution < 1.29 is 13.6 Å². The molecule has 3 rings (SSSR count). The van der Waals surface area contributed by atoms with Gasteiger partial charge in [-0.2, -0.15) is 0 Å². The summed E-state index contributed by atoms with van der Waals surface area (Å²) < 4.78 is 27.1. The third-order valence-corrected chi connectivity index (χ3v) is 5.16. The first-order valence-electron chi connectivity index (χ1n) is 8.74. The molecule has 1 aromatic heterocycles. The second-order valence-corrected chi connectivity index (χ2v) is 7.17. The van der Waals surface area contributed by atoms with Crippen LogP contribution < -0.4 is 5.32 Å². The molecule has 3 nitrogen and oxygen atoms in total. The van der Waals surface area contributed by atoms with E-state index in [9.17, 15) is 13.6 Å². The Labute approximate surface area is 161 Å². The minimum Gasteiger partial charge on any atom is -0.356 e.